The summed E-state index contributed by atoms with van der Waals surface area (Å²) in [7, 11) is 0. The fourth-order valence-corrected chi connectivity index (χ4v) is 3.37. The Bertz CT molecular complexity index is 707. The molecular formula is C21H29FN2O4. The van der Waals surface area contributed by atoms with Crippen molar-refractivity contribution in [3.05, 3.63) is 35.6 Å². The molecule has 3 atom stereocenters. The van der Waals surface area contributed by atoms with Gasteiger partial charge in [0.05, 0.1) is 5.56 Å². The number of hydrogen-bond donors (Lipinski definition) is 2. The van der Waals surface area contributed by atoms with Crippen LogP contribution in [0.15, 0.2) is 24.3 Å². The fraction of sp³-hybridized carbons (Fsp3) is 0.571. The molecule has 6 nitrogen and oxygen atoms in total. The van der Waals surface area contributed by atoms with E-state index in [0.717, 1.165) is 19.3 Å². The maximum atomic E-state index is 13.8. The van der Waals surface area contributed by atoms with Crippen LogP contribution < -0.4 is 10.6 Å². The van der Waals surface area contributed by atoms with Crippen LogP contribution in [0.4, 0.5) is 4.39 Å². The van der Waals surface area contributed by atoms with E-state index in [1.54, 1.807) is 13.8 Å². The Morgan fingerprint density at radius 1 is 1.18 bits per heavy atom. The van der Waals surface area contributed by atoms with Crippen LogP contribution in [0.1, 0.15) is 56.8 Å². The summed E-state index contributed by atoms with van der Waals surface area (Å²) in [6.45, 7) is 5.17. The number of halogens is 1. The summed E-state index contributed by atoms with van der Waals surface area (Å²) in [5, 5.41) is 5.41. The SMILES string of the molecule is CC(C)[C@H](NC(=O)c1ccccc1F)C(=O)OCC(=O)N[C@@H]1CCCC[C@H]1C. The largest absolute Gasteiger partial charge is 0.454 e. The van der Waals surface area contributed by atoms with Crippen LogP contribution in [0.5, 0.6) is 0 Å². The van der Waals surface area contributed by atoms with Crippen molar-refractivity contribution in [3.8, 4) is 0 Å². The van der Waals surface area contributed by atoms with Gasteiger partial charge in [0.1, 0.15) is 11.9 Å². The molecule has 2 rings (SSSR count). The Labute approximate surface area is 165 Å². The number of ether oxygens (including phenoxy) is 1. The number of carbonyl (C=O) groups excluding carboxylic acids is 3. The second kappa shape index (κ2) is 10.2. The molecule has 0 spiro atoms. The van der Waals surface area contributed by atoms with E-state index in [1.807, 2.05) is 0 Å². The molecule has 0 aliphatic heterocycles. The molecule has 1 aliphatic rings. The van der Waals surface area contributed by atoms with Crippen molar-refractivity contribution in [3.63, 3.8) is 0 Å². The summed E-state index contributed by atoms with van der Waals surface area (Å²) >= 11 is 0. The quantitative estimate of drug-likeness (QED) is 0.699. The van der Waals surface area contributed by atoms with Gasteiger partial charge in [-0.05, 0) is 36.8 Å². The van der Waals surface area contributed by atoms with Gasteiger partial charge in [-0.25, -0.2) is 9.18 Å². The van der Waals surface area contributed by atoms with E-state index in [4.69, 9.17) is 4.74 Å². The zero-order valence-electron chi connectivity index (χ0n) is 16.7. The Morgan fingerprint density at radius 3 is 2.50 bits per heavy atom. The molecule has 0 saturated heterocycles. The number of rotatable bonds is 7. The normalized spacial score (nSPS) is 20.3. The van der Waals surface area contributed by atoms with Gasteiger partial charge in [0.25, 0.3) is 11.8 Å². The lowest BCUT2D eigenvalue weighted by atomic mass is 9.86. The molecule has 7 heteroatoms. The Balaban J connectivity index is 1.89. The van der Waals surface area contributed by atoms with Gasteiger partial charge in [-0.3, -0.25) is 9.59 Å². The van der Waals surface area contributed by atoms with Gasteiger partial charge in [-0.2, -0.15) is 0 Å². The first kappa shape index (κ1) is 21.9. The molecule has 2 amide bonds. The second-order valence-electron chi connectivity index (χ2n) is 7.72. The molecule has 1 fully saturated rings. The smallest absolute Gasteiger partial charge is 0.329 e. The number of esters is 1. The lowest BCUT2D eigenvalue weighted by molar-refractivity contribution is -0.151. The summed E-state index contributed by atoms with van der Waals surface area (Å²) in [5.74, 6) is -2.32. The number of hydrogen-bond acceptors (Lipinski definition) is 4. The monoisotopic (exact) mass is 392 g/mol. The highest BCUT2D eigenvalue weighted by Crippen LogP contribution is 2.23. The minimum Gasteiger partial charge on any atom is -0.454 e. The lowest BCUT2D eigenvalue weighted by Gasteiger charge is -2.29. The number of carbonyl (C=O) groups is 3. The van der Waals surface area contributed by atoms with Crippen molar-refractivity contribution in [2.24, 2.45) is 11.8 Å². The molecule has 28 heavy (non-hydrogen) atoms. The van der Waals surface area contributed by atoms with Crippen LogP contribution in [-0.4, -0.2) is 36.5 Å². The van der Waals surface area contributed by atoms with Gasteiger partial charge in [0, 0.05) is 6.04 Å². The first-order valence-electron chi connectivity index (χ1n) is 9.81. The molecule has 0 heterocycles. The van der Waals surface area contributed by atoms with E-state index in [0.29, 0.717) is 5.92 Å². The second-order valence-corrected chi connectivity index (χ2v) is 7.72. The van der Waals surface area contributed by atoms with Crippen molar-refractivity contribution in [1.82, 2.24) is 10.6 Å². The summed E-state index contributed by atoms with van der Waals surface area (Å²) in [6.07, 6.45) is 4.24. The third kappa shape index (κ3) is 6.04. The average molecular weight is 392 g/mol. The summed E-state index contributed by atoms with van der Waals surface area (Å²) in [5.41, 5.74) is -0.148. The summed E-state index contributed by atoms with van der Waals surface area (Å²) in [6, 6.07) is 4.65. The van der Waals surface area contributed by atoms with Crippen molar-refractivity contribution >= 4 is 17.8 Å². The molecule has 2 N–H and O–H groups in total. The molecule has 0 bridgehead atoms. The van der Waals surface area contributed by atoms with Gasteiger partial charge >= 0.3 is 5.97 Å². The van der Waals surface area contributed by atoms with Crippen LogP contribution in [0.2, 0.25) is 0 Å². The van der Waals surface area contributed by atoms with Crippen molar-refractivity contribution in [2.75, 3.05) is 6.61 Å². The first-order chi connectivity index (χ1) is 13.3. The van der Waals surface area contributed by atoms with E-state index < -0.39 is 30.3 Å². The van der Waals surface area contributed by atoms with Gasteiger partial charge in [-0.1, -0.05) is 45.7 Å². The predicted molar refractivity (Wildman–Crippen MR) is 103 cm³/mol. The highest BCUT2D eigenvalue weighted by atomic mass is 19.1. The lowest BCUT2D eigenvalue weighted by Crippen LogP contribution is -2.47. The molecule has 154 valence electrons. The molecule has 1 aromatic rings. The van der Waals surface area contributed by atoms with E-state index >= 15 is 0 Å². The average Bonchev–Trinajstić information content (AvgIpc) is 2.66. The molecule has 1 aliphatic carbocycles. The van der Waals surface area contributed by atoms with E-state index in [2.05, 4.69) is 17.6 Å². The van der Waals surface area contributed by atoms with E-state index in [-0.39, 0.29) is 23.4 Å². The van der Waals surface area contributed by atoms with Gasteiger partial charge < -0.3 is 15.4 Å². The zero-order chi connectivity index (χ0) is 20.7. The van der Waals surface area contributed by atoms with Crippen molar-refractivity contribution in [2.45, 2.75) is 58.5 Å². The highest BCUT2D eigenvalue weighted by molar-refractivity contribution is 5.97. The molecule has 0 aromatic heterocycles. The molecule has 0 unspecified atom stereocenters. The van der Waals surface area contributed by atoms with Crippen LogP contribution in [0.3, 0.4) is 0 Å². The van der Waals surface area contributed by atoms with Crippen LogP contribution in [0, 0.1) is 17.7 Å². The predicted octanol–water partition coefficient (Wildman–Crippen LogP) is 2.82. The zero-order valence-corrected chi connectivity index (χ0v) is 16.7. The van der Waals surface area contributed by atoms with Gasteiger partial charge in [-0.15, -0.1) is 0 Å². The van der Waals surface area contributed by atoms with Crippen LogP contribution in [-0.2, 0) is 14.3 Å². The Morgan fingerprint density at radius 2 is 1.86 bits per heavy atom. The molecular weight excluding hydrogens is 363 g/mol. The van der Waals surface area contributed by atoms with Gasteiger partial charge in [0.2, 0.25) is 0 Å². The maximum absolute atomic E-state index is 13.8. The van der Waals surface area contributed by atoms with Crippen molar-refractivity contribution < 1.29 is 23.5 Å². The number of nitrogens with one attached hydrogen (secondary N) is 2. The van der Waals surface area contributed by atoms with Crippen molar-refractivity contribution in [1.29, 1.82) is 0 Å². The molecule has 0 radical (unpaired) electrons. The minimum atomic E-state index is -0.978. The van der Waals surface area contributed by atoms with Gasteiger partial charge in [0.15, 0.2) is 6.61 Å². The highest BCUT2D eigenvalue weighted by Gasteiger charge is 2.28. The van der Waals surface area contributed by atoms with E-state index in [9.17, 15) is 18.8 Å². The van der Waals surface area contributed by atoms with E-state index in [1.165, 1.54) is 30.7 Å². The number of benzene rings is 1. The fourth-order valence-electron chi connectivity index (χ4n) is 3.37. The Kier molecular flexibility index (Phi) is 7.96. The minimum absolute atomic E-state index is 0.0987. The summed E-state index contributed by atoms with van der Waals surface area (Å²) < 4.78 is 18.9. The van der Waals surface area contributed by atoms with Crippen LogP contribution >= 0.6 is 0 Å². The number of amides is 2. The molecule has 1 aromatic carbocycles. The topological polar surface area (TPSA) is 84.5 Å². The third-order valence-electron chi connectivity index (χ3n) is 5.13. The first-order valence-corrected chi connectivity index (χ1v) is 9.81. The maximum Gasteiger partial charge on any atom is 0.329 e. The Hall–Kier alpha value is -2.44. The summed E-state index contributed by atoms with van der Waals surface area (Å²) in [4.78, 5) is 36.8. The standard InChI is InChI=1S/C21H29FN2O4/c1-13(2)19(24-20(26)15-9-5-6-10-16(15)22)21(27)28-12-18(25)23-17-11-7-4-8-14(17)3/h5-6,9-10,13-14,17,19H,4,7-8,11-12H2,1-3H3,(H,23,25)(H,24,26)/t14-,17-,19+/m1/s1. The van der Waals surface area contributed by atoms with Crippen LogP contribution in [0.25, 0.3) is 0 Å². The molecule has 1 saturated carbocycles. The third-order valence-corrected chi connectivity index (χ3v) is 5.13.